The average molecular weight is 536 g/mol. The second-order valence-electron chi connectivity index (χ2n) is 8.54. The number of rotatable bonds is 5. The number of piperidine rings is 1. The van der Waals surface area contributed by atoms with Crippen LogP contribution in [-0.2, 0) is 6.54 Å². The molecule has 0 amide bonds. The SMILES string of the molecule is O=c1c2ccccc2ncn1CCN1CCC(c2nnc3sc(-c4ccc(Br)cc4)nn23)CC1. The van der Waals surface area contributed by atoms with Gasteiger partial charge in [-0.2, -0.15) is 9.61 Å². The zero-order valence-electron chi connectivity index (χ0n) is 18.3. The average Bonchev–Trinajstić information content (AvgIpc) is 3.46. The van der Waals surface area contributed by atoms with Crippen LogP contribution in [0.2, 0.25) is 0 Å². The van der Waals surface area contributed by atoms with Crippen LogP contribution < -0.4 is 5.56 Å². The first-order chi connectivity index (χ1) is 16.7. The van der Waals surface area contributed by atoms with Crippen LogP contribution in [0.25, 0.3) is 26.4 Å². The molecule has 0 atom stereocenters. The van der Waals surface area contributed by atoms with Gasteiger partial charge in [-0.1, -0.05) is 51.5 Å². The molecule has 34 heavy (non-hydrogen) atoms. The Morgan fingerprint density at radius 3 is 2.62 bits per heavy atom. The standard InChI is InChI=1S/C24H22BrN7OS/c25-18-7-5-17(6-8-18)22-29-32-21(27-28-24(32)34-22)16-9-11-30(12-10-16)13-14-31-15-26-20-4-2-1-3-19(20)23(31)33/h1-8,15-16H,9-14H2. The Kier molecular flexibility index (Phi) is 5.72. The van der Waals surface area contributed by atoms with E-state index in [1.807, 2.05) is 40.9 Å². The maximum atomic E-state index is 12.7. The third-order valence-corrected chi connectivity index (χ3v) is 7.92. The molecule has 2 aromatic carbocycles. The lowest BCUT2D eigenvalue weighted by molar-refractivity contribution is 0.201. The molecular formula is C24H22BrN7OS. The van der Waals surface area contributed by atoms with Crippen LogP contribution in [0.15, 0.2) is 64.1 Å². The van der Waals surface area contributed by atoms with E-state index in [9.17, 15) is 4.79 Å². The van der Waals surface area contributed by atoms with Crippen molar-refractivity contribution >= 4 is 43.1 Å². The van der Waals surface area contributed by atoms with Gasteiger partial charge in [0.25, 0.3) is 5.56 Å². The van der Waals surface area contributed by atoms with Gasteiger partial charge in [0, 0.05) is 29.0 Å². The number of hydrogen-bond acceptors (Lipinski definition) is 7. The number of fused-ring (bicyclic) bond motifs is 2. The van der Waals surface area contributed by atoms with E-state index in [0.29, 0.717) is 17.8 Å². The third-order valence-electron chi connectivity index (χ3n) is 6.45. The van der Waals surface area contributed by atoms with Crippen molar-refractivity contribution in [1.82, 2.24) is 34.3 Å². The fraction of sp³-hybridized carbons (Fsp3) is 0.292. The van der Waals surface area contributed by atoms with Crippen molar-refractivity contribution in [2.75, 3.05) is 19.6 Å². The highest BCUT2D eigenvalue weighted by atomic mass is 79.9. The molecule has 1 fully saturated rings. The Balaban J connectivity index is 1.12. The van der Waals surface area contributed by atoms with Gasteiger partial charge in [-0.15, -0.1) is 10.2 Å². The molecule has 0 N–H and O–H groups in total. The van der Waals surface area contributed by atoms with E-state index in [2.05, 4.69) is 48.1 Å². The van der Waals surface area contributed by atoms with E-state index in [1.165, 1.54) is 0 Å². The van der Waals surface area contributed by atoms with Crippen LogP contribution in [0.4, 0.5) is 0 Å². The molecule has 1 aliphatic rings. The zero-order valence-corrected chi connectivity index (χ0v) is 20.7. The van der Waals surface area contributed by atoms with Gasteiger partial charge in [0.05, 0.1) is 17.2 Å². The Morgan fingerprint density at radius 1 is 1.00 bits per heavy atom. The first-order valence-electron chi connectivity index (χ1n) is 11.3. The van der Waals surface area contributed by atoms with E-state index in [0.717, 1.165) is 63.8 Å². The van der Waals surface area contributed by atoms with Crippen molar-refractivity contribution in [1.29, 1.82) is 0 Å². The molecule has 0 radical (unpaired) electrons. The summed E-state index contributed by atoms with van der Waals surface area (Å²) in [6.45, 7) is 3.38. The summed E-state index contributed by atoms with van der Waals surface area (Å²) in [5.41, 5.74) is 1.85. The summed E-state index contributed by atoms with van der Waals surface area (Å²) in [7, 11) is 0. The summed E-state index contributed by atoms with van der Waals surface area (Å²) < 4.78 is 4.69. The minimum atomic E-state index is 0.0245. The van der Waals surface area contributed by atoms with Gasteiger partial charge in [-0.3, -0.25) is 9.36 Å². The molecule has 3 aromatic heterocycles. The monoisotopic (exact) mass is 535 g/mol. The fourth-order valence-electron chi connectivity index (χ4n) is 4.53. The summed E-state index contributed by atoms with van der Waals surface area (Å²) in [6.07, 6.45) is 3.66. The first-order valence-corrected chi connectivity index (χ1v) is 12.9. The number of aromatic nitrogens is 6. The molecule has 5 aromatic rings. The Bertz CT molecular complexity index is 1520. The van der Waals surface area contributed by atoms with E-state index in [1.54, 1.807) is 22.2 Å². The predicted octanol–water partition coefficient (Wildman–Crippen LogP) is 4.20. The predicted molar refractivity (Wildman–Crippen MR) is 136 cm³/mol. The topological polar surface area (TPSA) is 81.2 Å². The van der Waals surface area contributed by atoms with Crippen LogP contribution in [0.1, 0.15) is 24.6 Å². The number of nitrogens with zero attached hydrogens (tertiary/aromatic N) is 7. The molecular weight excluding hydrogens is 514 g/mol. The molecule has 4 heterocycles. The molecule has 8 nitrogen and oxygen atoms in total. The van der Waals surface area contributed by atoms with Crippen LogP contribution in [-0.4, -0.2) is 53.9 Å². The van der Waals surface area contributed by atoms with Crippen molar-refractivity contribution in [3.63, 3.8) is 0 Å². The van der Waals surface area contributed by atoms with Gasteiger partial charge in [-0.05, 0) is 50.2 Å². The lowest BCUT2D eigenvalue weighted by atomic mass is 9.96. The smallest absolute Gasteiger partial charge is 0.261 e. The first kappa shape index (κ1) is 21.6. The maximum Gasteiger partial charge on any atom is 0.261 e. The lowest BCUT2D eigenvalue weighted by Gasteiger charge is -2.30. The second-order valence-corrected chi connectivity index (χ2v) is 10.4. The summed E-state index contributed by atoms with van der Waals surface area (Å²) >= 11 is 5.05. The van der Waals surface area contributed by atoms with Crippen molar-refractivity contribution in [2.24, 2.45) is 0 Å². The summed E-state index contributed by atoms with van der Waals surface area (Å²) in [5.74, 6) is 1.28. The van der Waals surface area contributed by atoms with E-state index in [-0.39, 0.29) is 5.56 Å². The highest BCUT2D eigenvalue weighted by Gasteiger charge is 2.26. The molecule has 0 aliphatic carbocycles. The summed E-state index contributed by atoms with van der Waals surface area (Å²) in [4.78, 5) is 20.4. The van der Waals surface area contributed by atoms with Crippen molar-refractivity contribution < 1.29 is 0 Å². The number of halogens is 1. The molecule has 172 valence electrons. The van der Waals surface area contributed by atoms with Crippen LogP contribution in [0.5, 0.6) is 0 Å². The van der Waals surface area contributed by atoms with Crippen molar-refractivity contribution in [3.8, 4) is 10.6 Å². The number of benzene rings is 2. The van der Waals surface area contributed by atoms with Crippen molar-refractivity contribution in [3.05, 3.63) is 75.5 Å². The van der Waals surface area contributed by atoms with Crippen LogP contribution >= 0.6 is 27.3 Å². The maximum absolute atomic E-state index is 12.7. The molecule has 1 aliphatic heterocycles. The minimum absolute atomic E-state index is 0.0245. The largest absolute Gasteiger partial charge is 0.302 e. The Labute approximate surface area is 208 Å². The Morgan fingerprint density at radius 2 is 1.79 bits per heavy atom. The highest BCUT2D eigenvalue weighted by molar-refractivity contribution is 9.10. The van der Waals surface area contributed by atoms with Gasteiger partial charge >= 0.3 is 0 Å². The normalized spacial score (nSPS) is 15.4. The van der Waals surface area contributed by atoms with E-state index >= 15 is 0 Å². The third kappa shape index (κ3) is 4.06. The Hall–Kier alpha value is -2.95. The minimum Gasteiger partial charge on any atom is -0.302 e. The molecule has 0 saturated carbocycles. The summed E-state index contributed by atoms with van der Waals surface area (Å²) in [5, 5.41) is 15.3. The highest BCUT2D eigenvalue weighted by Crippen LogP contribution is 2.31. The number of likely N-dealkylation sites (tertiary alicyclic amines) is 1. The molecule has 0 spiro atoms. The van der Waals surface area contributed by atoms with Crippen molar-refractivity contribution in [2.45, 2.75) is 25.3 Å². The molecule has 10 heteroatoms. The van der Waals surface area contributed by atoms with Gasteiger partial charge in [0.15, 0.2) is 5.82 Å². The van der Waals surface area contributed by atoms with Gasteiger partial charge in [-0.25, -0.2) is 4.98 Å². The second kappa shape index (κ2) is 9.01. The quantitative estimate of drug-likeness (QED) is 0.335. The number of hydrogen-bond donors (Lipinski definition) is 0. The zero-order chi connectivity index (χ0) is 23.1. The van der Waals surface area contributed by atoms with E-state index in [4.69, 9.17) is 5.10 Å². The molecule has 1 saturated heterocycles. The molecule has 0 bridgehead atoms. The molecule has 6 rings (SSSR count). The van der Waals surface area contributed by atoms with Gasteiger partial charge in [0.1, 0.15) is 5.01 Å². The van der Waals surface area contributed by atoms with Gasteiger partial charge < -0.3 is 4.90 Å². The van der Waals surface area contributed by atoms with Crippen LogP contribution in [0, 0.1) is 0 Å². The fourth-order valence-corrected chi connectivity index (χ4v) is 5.64. The lowest BCUT2D eigenvalue weighted by Crippen LogP contribution is -2.37. The summed E-state index contributed by atoms with van der Waals surface area (Å²) in [6, 6.07) is 15.7. The van der Waals surface area contributed by atoms with Crippen LogP contribution in [0.3, 0.4) is 0 Å². The van der Waals surface area contributed by atoms with Gasteiger partial charge in [0.2, 0.25) is 4.96 Å². The number of para-hydroxylation sites is 1. The van der Waals surface area contributed by atoms with E-state index < -0.39 is 0 Å². The molecule has 0 unspecified atom stereocenters.